The highest BCUT2D eigenvalue weighted by Gasteiger charge is 2.24. The fourth-order valence-electron chi connectivity index (χ4n) is 2.40. The number of anilines is 1. The summed E-state index contributed by atoms with van der Waals surface area (Å²) in [4.78, 5) is 9.90. The molecule has 1 aromatic rings. The third-order valence-electron chi connectivity index (χ3n) is 3.42. The minimum Gasteiger partial charge on any atom is -0.397 e. The summed E-state index contributed by atoms with van der Waals surface area (Å²) in [7, 11) is -3.73. The van der Waals surface area contributed by atoms with Gasteiger partial charge in [0.25, 0.3) is 5.69 Å². The zero-order valence-corrected chi connectivity index (χ0v) is 11.7. The fraction of sp³-hybridized carbons (Fsp3) is 0.500. The van der Waals surface area contributed by atoms with Crippen LogP contribution >= 0.6 is 0 Å². The molecule has 110 valence electrons. The van der Waals surface area contributed by atoms with E-state index in [0.717, 1.165) is 44.2 Å². The first-order valence-corrected chi connectivity index (χ1v) is 7.95. The van der Waals surface area contributed by atoms with Gasteiger partial charge < -0.3 is 5.73 Å². The van der Waals surface area contributed by atoms with Crippen molar-refractivity contribution >= 4 is 21.4 Å². The van der Waals surface area contributed by atoms with Gasteiger partial charge in [-0.3, -0.25) is 10.1 Å². The topological polar surface area (TPSA) is 115 Å². The summed E-state index contributed by atoms with van der Waals surface area (Å²) in [6, 6.07) is 3.31. The summed E-state index contributed by atoms with van der Waals surface area (Å²) in [5.74, 6) is 0. The molecule has 1 aliphatic rings. The van der Waals surface area contributed by atoms with Gasteiger partial charge >= 0.3 is 0 Å². The second-order valence-electron chi connectivity index (χ2n) is 4.94. The minimum atomic E-state index is -3.73. The highest BCUT2D eigenvalue weighted by molar-refractivity contribution is 7.89. The molecule has 0 bridgehead atoms. The summed E-state index contributed by atoms with van der Waals surface area (Å²) in [5, 5.41) is 10.6. The van der Waals surface area contributed by atoms with E-state index in [0.29, 0.717) is 0 Å². The Morgan fingerprint density at radius 3 is 2.45 bits per heavy atom. The number of nitrogens with two attached hydrogens (primary N) is 1. The van der Waals surface area contributed by atoms with Crippen LogP contribution in [0.15, 0.2) is 23.1 Å². The molecule has 3 N–H and O–H groups in total. The van der Waals surface area contributed by atoms with Gasteiger partial charge in [-0.2, -0.15) is 0 Å². The summed E-state index contributed by atoms with van der Waals surface area (Å²) >= 11 is 0. The van der Waals surface area contributed by atoms with E-state index >= 15 is 0 Å². The van der Waals surface area contributed by atoms with E-state index in [1.165, 1.54) is 6.07 Å². The first-order valence-electron chi connectivity index (χ1n) is 6.46. The molecule has 2 rings (SSSR count). The Bertz CT molecular complexity index is 609. The quantitative estimate of drug-likeness (QED) is 0.499. The zero-order chi connectivity index (χ0) is 14.8. The number of nitrogens with one attached hydrogen (secondary N) is 1. The van der Waals surface area contributed by atoms with E-state index in [1.54, 1.807) is 0 Å². The number of nitrogen functional groups attached to an aromatic ring is 1. The molecule has 1 aliphatic carbocycles. The molecule has 1 saturated carbocycles. The SMILES string of the molecule is Nc1cc([N+](=O)[O-])ccc1S(=O)(=O)NC1CCCCC1. The molecule has 1 fully saturated rings. The number of benzene rings is 1. The lowest BCUT2D eigenvalue weighted by molar-refractivity contribution is -0.384. The van der Waals surface area contributed by atoms with Gasteiger partial charge in [0.1, 0.15) is 4.90 Å². The third kappa shape index (κ3) is 3.26. The Morgan fingerprint density at radius 2 is 1.90 bits per heavy atom. The van der Waals surface area contributed by atoms with Crippen molar-refractivity contribution in [3.8, 4) is 0 Å². The maximum Gasteiger partial charge on any atom is 0.271 e. The highest BCUT2D eigenvalue weighted by atomic mass is 32.2. The van der Waals surface area contributed by atoms with Crippen LogP contribution in [0.2, 0.25) is 0 Å². The molecular formula is C12H17N3O4S. The number of rotatable bonds is 4. The van der Waals surface area contributed by atoms with E-state index in [4.69, 9.17) is 5.73 Å². The maximum atomic E-state index is 12.2. The van der Waals surface area contributed by atoms with Crippen molar-refractivity contribution < 1.29 is 13.3 Å². The number of nitro groups is 1. The minimum absolute atomic E-state index is 0.0802. The maximum absolute atomic E-state index is 12.2. The van der Waals surface area contributed by atoms with E-state index in [1.807, 2.05) is 0 Å². The smallest absolute Gasteiger partial charge is 0.271 e. The number of nitrogens with zero attached hydrogens (tertiary/aromatic N) is 1. The van der Waals surface area contributed by atoms with Crippen LogP contribution in [0, 0.1) is 10.1 Å². The lowest BCUT2D eigenvalue weighted by Gasteiger charge is -2.22. The molecule has 0 aliphatic heterocycles. The van der Waals surface area contributed by atoms with Gasteiger partial charge in [0.15, 0.2) is 0 Å². The van der Waals surface area contributed by atoms with Crippen molar-refractivity contribution in [2.24, 2.45) is 0 Å². The Kier molecular flexibility index (Phi) is 4.24. The number of hydrogen-bond donors (Lipinski definition) is 2. The van der Waals surface area contributed by atoms with Crippen LogP contribution < -0.4 is 10.5 Å². The molecule has 0 atom stereocenters. The van der Waals surface area contributed by atoms with Crippen LogP contribution in [0.5, 0.6) is 0 Å². The molecule has 0 aromatic heterocycles. The van der Waals surface area contributed by atoms with Gasteiger partial charge in [0.2, 0.25) is 10.0 Å². The van der Waals surface area contributed by atoms with Crippen LogP contribution in [-0.4, -0.2) is 19.4 Å². The number of sulfonamides is 1. The standard InChI is InChI=1S/C12H17N3O4S/c13-11-8-10(15(16)17)6-7-12(11)20(18,19)14-9-4-2-1-3-5-9/h6-9,14H,1-5,13H2. The molecule has 1 aromatic carbocycles. The van der Waals surface area contributed by atoms with Crippen molar-refractivity contribution in [2.75, 3.05) is 5.73 Å². The Hall–Kier alpha value is -1.67. The van der Waals surface area contributed by atoms with Gasteiger partial charge in [0.05, 0.1) is 10.6 Å². The summed E-state index contributed by atoms with van der Waals surface area (Å²) in [6.07, 6.45) is 4.75. The van der Waals surface area contributed by atoms with Crippen LogP contribution in [0.3, 0.4) is 0 Å². The van der Waals surface area contributed by atoms with E-state index in [2.05, 4.69) is 4.72 Å². The van der Waals surface area contributed by atoms with Crippen LogP contribution in [0.4, 0.5) is 11.4 Å². The fourth-order valence-corrected chi connectivity index (χ4v) is 3.82. The molecule has 20 heavy (non-hydrogen) atoms. The Labute approximate surface area is 117 Å². The number of non-ortho nitro benzene ring substituents is 1. The predicted molar refractivity (Wildman–Crippen MR) is 74.7 cm³/mol. The van der Waals surface area contributed by atoms with E-state index in [9.17, 15) is 18.5 Å². The van der Waals surface area contributed by atoms with Crippen molar-refractivity contribution in [2.45, 2.75) is 43.0 Å². The Balaban J connectivity index is 2.22. The number of hydrogen-bond acceptors (Lipinski definition) is 5. The van der Waals surface area contributed by atoms with Crippen LogP contribution in [0.25, 0.3) is 0 Å². The van der Waals surface area contributed by atoms with Crippen molar-refractivity contribution in [1.29, 1.82) is 0 Å². The summed E-state index contributed by atoms with van der Waals surface area (Å²) in [5.41, 5.74) is 5.29. The monoisotopic (exact) mass is 299 g/mol. The number of nitro benzene ring substituents is 1. The van der Waals surface area contributed by atoms with Crippen LogP contribution in [-0.2, 0) is 10.0 Å². The molecule has 0 spiro atoms. The Morgan fingerprint density at radius 1 is 1.25 bits per heavy atom. The van der Waals surface area contributed by atoms with Crippen molar-refractivity contribution in [3.05, 3.63) is 28.3 Å². The van der Waals surface area contributed by atoms with Gasteiger partial charge in [-0.25, -0.2) is 13.1 Å². The average molecular weight is 299 g/mol. The molecule has 0 radical (unpaired) electrons. The van der Waals surface area contributed by atoms with Gasteiger partial charge in [0, 0.05) is 18.2 Å². The van der Waals surface area contributed by atoms with E-state index < -0.39 is 14.9 Å². The van der Waals surface area contributed by atoms with Crippen molar-refractivity contribution in [3.63, 3.8) is 0 Å². The van der Waals surface area contributed by atoms with Crippen molar-refractivity contribution in [1.82, 2.24) is 4.72 Å². The van der Waals surface area contributed by atoms with Gasteiger partial charge in [-0.1, -0.05) is 19.3 Å². The highest BCUT2D eigenvalue weighted by Crippen LogP contribution is 2.25. The summed E-state index contributed by atoms with van der Waals surface area (Å²) in [6.45, 7) is 0. The molecule has 0 amide bonds. The molecule has 7 nitrogen and oxygen atoms in total. The zero-order valence-electron chi connectivity index (χ0n) is 10.9. The molecule has 0 heterocycles. The molecule has 8 heteroatoms. The normalized spacial score (nSPS) is 17.0. The lowest BCUT2D eigenvalue weighted by Crippen LogP contribution is -2.36. The predicted octanol–water partition coefficient (Wildman–Crippen LogP) is 1.79. The third-order valence-corrected chi connectivity index (χ3v) is 5.02. The molecule has 0 unspecified atom stereocenters. The first-order chi connectivity index (χ1) is 9.40. The lowest BCUT2D eigenvalue weighted by atomic mass is 9.96. The second kappa shape index (κ2) is 5.76. The molecular weight excluding hydrogens is 282 g/mol. The summed E-state index contributed by atoms with van der Waals surface area (Å²) < 4.78 is 27.1. The van der Waals surface area contributed by atoms with Gasteiger partial charge in [-0.15, -0.1) is 0 Å². The van der Waals surface area contributed by atoms with E-state index in [-0.39, 0.29) is 22.3 Å². The van der Waals surface area contributed by atoms with Crippen LogP contribution in [0.1, 0.15) is 32.1 Å². The van der Waals surface area contributed by atoms with Gasteiger partial charge in [-0.05, 0) is 18.9 Å². The second-order valence-corrected chi connectivity index (χ2v) is 6.62. The average Bonchev–Trinajstić information content (AvgIpc) is 2.38. The first kappa shape index (κ1) is 14.7. The largest absolute Gasteiger partial charge is 0.397 e. The molecule has 0 saturated heterocycles.